The number of rotatable bonds is 2. The van der Waals surface area contributed by atoms with Crippen molar-refractivity contribution in [2.75, 3.05) is 25.0 Å². The molecule has 21 heavy (non-hydrogen) atoms. The molecular formula is C15H16F3N3. The Morgan fingerprint density at radius 3 is 2.76 bits per heavy atom. The first-order chi connectivity index (χ1) is 9.98. The number of hydrogen-bond acceptors (Lipinski definition) is 3. The van der Waals surface area contributed by atoms with E-state index in [1.165, 1.54) is 6.20 Å². The Morgan fingerprint density at radius 2 is 2.10 bits per heavy atom. The van der Waals surface area contributed by atoms with Gasteiger partial charge in [0.1, 0.15) is 0 Å². The summed E-state index contributed by atoms with van der Waals surface area (Å²) >= 11 is 0. The van der Waals surface area contributed by atoms with Crippen molar-refractivity contribution in [1.82, 2.24) is 10.3 Å². The smallest absolute Gasteiger partial charge is 0.370 e. The molecule has 0 bridgehead atoms. The number of likely N-dealkylation sites (N-methyl/N-ethyl adjacent to an activating group) is 1. The summed E-state index contributed by atoms with van der Waals surface area (Å²) in [6.07, 6.45) is -2.00. The van der Waals surface area contributed by atoms with Gasteiger partial charge in [-0.1, -0.05) is 0 Å². The fourth-order valence-corrected chi connectivity index (χ4v) is 2.86. The second-order valence-electron chi connectivity index (χ2n) is 5.29. The van der Waals surface area contributed by atoms with Gasteiger partial charge in [-0.25, -0.2) is 0 Å². The van der Waals surface area contributed by atoms with Gasteiger partial charge in [0.25, 0.3) is 0 Å². The largest absolute Gasteiger partial charge is 0.418 e. The van der Waals surface area contributed by atoms with Crippen molar-refractivity contribution in [3.63, 3.8) is 0 Å². The zero-order chi connectivity index (χ0) is 15.0. The molecule has 3 nitrogen and oxygen atoms in total. The number of anilines is 1. The fourth-order valence-electron chi connectivity index (χ4n) is 2.86. The van der Waals surface area contributed by atoms with Gasteiger partial charge in [0.15, 0.2) is 0 Å². The molecule has 0 radical (unpaired) electrons. The Bertz CT molecular complexity index is 648. The number of benzene rings is 1. The van der Waals surface area contributed by atoms with Crippen molar-refractivity contribution < 1.29 is 13.2 Å². The van der Waals surface area contributed by atoms with E-state index in [0.29, 0.717) is 11.4 Å². The Labute approximate surface area is 120 Å². The van der Waals surface area contributed by atoms with Crippen molar-refractivity contribution >= 4 is 16.6 Å². The summed E-state index contributed by atoms with van der Waals surface area (Å²) in [6, 6.07) is 6.35. The van der Waals surface area contributed by atoms with Gasteiger partial charge in [-0.15, -0.1) is 0 Å². The van der Waals surface area contributed by atoms with Crippen molar-refractivity contribution in [3.05, 3.63) is 36.0 Å². The van der Waals surface area contributed by atoms with E-state index in [-0.39, 0.29) is 5.52 Å². The van der Waals surface area contributed by atoms with E-state index in [1.807, 2.05) is 11.9 Å². The summed E-state index contributed by atoms with van der Waals surface area (Å²) < 4.78 is 39.3. The summed E-state index contributed by atoms with van der Waals surface area (Å²) in [5.41, 5.74) is 0.125. The Balaban J connectivity index is 2.12. The number of fused-ring (bicyclic) bond motifs is 1. The molecule has 1 N–H and O–H groups in total. The van der Waals surface area contributed by atoms with E-state index in [9.17, 15) is 13.2 Å². The summed E-state index contributed by atoms with van der Waals surface area (Å²) in [5, 5.41) is 3.81. The SMILES string of the molecule is CN(c1ccc(C(F)(F)F)c2ncccc12)C1CCNC1. The minimum atomic E-state index is -4.39. The summed E-state index contributed by atoms with van der Waals surface area (Å²) in [4.78, 5) is 6.00. The lowest BCUT2D eigenvalue weighted by molar-refractivity contribution is -0.136. The zero-order valence-corrected chi connectivity index (χ0v) is 11.6. The molecule has 0 amide bonds. The predicted molar refractivity (Wildman–Crippen MR) is 76.4 cm³/mol. The Morgan fingerprint density at radius 1 is 1.29 bits per heavy atom. The number of pyridine rings is 1. The van der Waals surface area contributed by atoms with Gasteiger partial charge in [-0.3, -0.25) is 4.98 Å². The minimum absolute atomic E-state index is 0.0142. The predicted octanol–water partition coefficient (Wildman–Crippen LogP) is 3.05. The molecule has 1 aliphatic heterocycles. The molecule has 1 fully saturated rings. The molecule has 1 aromatic carbocycles. The Hall–Kier alpha value is -1.82. The van der Waals surface area contributed by atoms with E-state index in [0.717, 1.165) is 31.3 Å². The molecule has 1 unspecified atom stereocenters. The molecule has 112 valence electrons. The van der Waals surface area contributed by atoms with Gasteiger partial charge < -0.3 is 10.2 Å². The van der Waals surface area contributed by atoms with Crippen molar-refractivity contribution in [3.8, 4) is 0 Å². The number of nitrogens with zero attached hydrogens (tertiary/aromatic N) is 2. The highest BCUT2D eigenvalue weighted by molar-refractivity contribution is 5.94. The van der Waals surface area contributed by atoms with Crippen LogP contribution in [0.1, 0.15) is 12.0 Å². The fraction of sp³-hybridized carbons (Fsp3) is 0.400. The van der Waals surface area contributed by atoms with Crippen LogP contribution in [-0.2, 0) is 6.18 Å². The molecule has 1 aromatic heterocycles. The van der Waals surface area contributed by atoms with E-state index < -0.39 is 11.7 Å². The maximum atomic E-state index is 13.1. The second-order valence-corrected chi connectivity index (χ2v) is 5.29. The van der Waals surface area contributed by atoms with Crippen molar-refractivity contribution in [2.24, 2.45) is 0 Å². The lowest BCUT2D eigenvalue weighted by atomic mass is 10.1. The van der Waals surface area contributed by atoms with Crippen molar-refractivity contribution in [2.45, 2.75) is 18.6 Å². The van der Waals surface area contributed by atoms with Crippen LogP contribution >= 0.6 is 0 Å². The van der Waals surface area contributed by atoms with E-state index in [4.69, 9.17) is 0 Å². The zero-order valence-electron chi connectivity index (χ0n) is 11.6. The monoisotopic (exact) mass is 295 g/mol. The van der Waals surface area contributed by atoms with Crippen LogP contribution in [0.5, 0.6) is 0 Å². The van der Waals surface area contributed by atoms with Gasteiger partial charge in [0.2, 0.25) is 0 Å². The first-order valence-corrected chi connectivity index (χ1v) is 6.87. The van der Waals surface area contributed by atoms with Crippen LogP contribution in [0.4, 0.5) is 18.9 Å². The highest BCUT2D eigenvalue weighted by Gasteiger charge is 2.34. The summed E-state index contributed by atoms with van der Waals surface area (Å²) in [7, 11) is 1.92. The standard InChI is InChI=1S/C15H16F3N3/c1-21(10-6-8-19-9-10)13-5-4-12(15(16,17)18)14-11(13)3-2-7-20-14/h2-5,7,10,19H,6,8-9H2,1H3. The quantitative estimate of drug-likeness (QED) is 0.923. The van der Waals surface area contributed by atoms with Gasteiger partial charge >= 0.3 is 6.18 Å². The molecule has 3 rings (SSSR count). The number of aromatic nitrogens is 1. The normalized spacial score (nSPS) is 19.1. The molecule has 2 heterocycles. The molecular weight excluding hydrogens is 279 g/mol. The molecule has 0 spiro atoms. The van der Waals surface area contributed by atoms with E-state index >= 15 is 0 Å². The molecule has 6 heteroatoms. The molecule has 1 saturated heterocycles. The number of halogens is 3. The van der Waals surface area contributed by atoms with Gasteiger partial charge in [0.05, 0.1) is 11.1 Å². The van der Waals surface area contributed by atoms with Crippen LogP contribution < -0.4 is 10.2 Å². The second kappa shape index (κ2) is 5.18. The first-order valence-electron chi connectivity index (χ1n) is 6.87. The number of nitrogens with one attached hydrogen (secondary N) is 1. The maximum Gasteiger partial charge on any atom is 0.418 e. The number of alkyl halides is 3. The van der Waals surface area contributed by atoms with Crippen molar-refractivity contribution in [1.29, 1.82) is 0 Å². The first kappa shape index (κ1) is 14.1. The highest BCUT2D eigenvalue weighted by atomic mass is 19.4. The van der Waals surface area contributed by atoms with Gasteiger partial charge in [-0.2, -0.15) is 13.2 Å². The molecule has 1 aliphatic rings. The topological polar surface area (TPSA) is 28.2 Å². The third-order valence-corrected chi connectivity index (χ3v) is 4.01. The van der Waals surface area contributed by atoms with Gasteiger partial charge in [0, 0.05) is 36.9 Å². The van der Waals surface area contributed by atoms with Crippen LogP contribution in [-0.4, -0.2) is 31.2 Å². The van der Waals surface area contributed by atoms with E-state index in [1.54, 1.807) is 18.2 Å². The third kappa shape index (κ3) is 2.55. The average Bonchev–Trinajstić information content (AvgIpc) is 2.98. The van der Waals surface area contributed by atoms with Crippen LogP contribution in [0.3, 0.4) is 0 Å². The number of hydrogen-bond donors (Lipinski definition) is 1. The summed E-state index contributed by atoms with van der Waals surface area (Å²) in [5.74, 6) is 0. The lowest BCUT2D eigenvalue weighted by Gasteiger charge is -2.27. The average molecular weight is 295 g/mol. The van der Waals surface area contributed by atoms with Crippen LogP contribution in [0.25, 0.3) is 10.9 Å². The van der Waals surface area contributed by atoms with Crippen LogP contribution in [0.15, 0.2) is 30.5 Å². The molecule has 0 saturated carbocycles. The Kier molecular flexibility index (Phi) is 3.49. The highest BCUT2D eigenvalue weighted by Crippen LogP contribution is 2.37. The van der Waals surface area contributed by atoms with Gasteiger partial charge in [-0.05, 0) is 37.2 Å². The molecule has 1 atom stereocenters. The molecule has 2 aromatic rings. The lowest BCUT2D eigenvalue weighted by Crippen LogP contribution is -2.33. The molecule has 0 aliphatic carbocycles. The van der Waals surface area contributed by atoms with Crippen LogP contribution in [0, 0.1) is 0 Å². The van der Waals surface area contributed by atoms with Crippen LogP contribution in [0.2, 0.25) is 0 Å². The van der Waals surface area contributed by atoms with E-state index in [2.05, 4.69) is 10.3 Å². The maximum absolute atomic E-state index is 13.1. The minimum Gasteiger partial charge on any atom is -0.370 e. The third-order valence-electron chi connectivity index (χ3n) is 4.01. The summed E-state index contributed by atoms with van der Waals surface area (Å²) in [6.45, 7) is 1.78.